The van der Waals surface area contributed by atoms with Gasteiger partial charge in [-0.25, -0.2) is 5.43 Å². The first-order valence-electron chi connectivity index (χ1n) is 9.28. The molecule has 5 nitrogen and oxygen atoms in total. The smallest absolute Gasteiger partial charge is 0.254 e. The van der Waals surface area contributed by atoms with Gasteiger partial charge in [-0.3, -0.25) is 14.6 Å². The number of carbonyl (C=O) groups excluding carboxylic acids is 1. The largest absolute Gasteiger partial charge is 0.296 e. The lowest BCUT2D eigenvalue weighted by atomic mass is 10.1. The second-order valence-electron chi connectivity index (χ2n) is 6.88. The maximum absolute atomic E-state index is 12.2. The van der Waals surface area contributed by atoms with Crippen molar-refractivity contribution in [3.8, 4) is 0 Å². The minimum atomic E-state index is -0.104. The molecule has 0 unspecified atom stereocenters. The molecule has 1 fully saturated rings. The Labute approximate surface area is 175 Å². The van der Waals surface area contributed by atoms with E-state index in [-0.39, 0.29) is 5.91 Å². The molecule has 1 saturated heterocycles. The van der Waals surface area contributed by atoms with E-state index < -0.39 is 0 Å². The van der Waals surface area contributed by atoms with Crippen LogP contribution in [0.4, 0.5) is 0 Å². The van der Waals surface area contributed by atoms with Crippen molar-refractivity contribution >= 4 is 34.8 Å². The maximum Gasteiger partial charge on any atom is 0.254 e. The fourth-order valence-electron chi connectivity index (χ4n) is 3.11. The summed E-state index contributed by atoms with van der Waals surface area (Å²) >= 11 is 12.1. The molecule has 1 N–H and O–H groups in total. The molecule has 0 bridgehead atoms. The average Bonchev–Trinajstić information content (AvgIpc) is 2.70. The second-order valence-corrected chi connectivity index (χ2v) is 7.73. The Morgan fingerprint density at radius 1 is 1.00 bits per heavy atom. The summed E-state index contributed by atoms with van der Waals surface area (Å²) in [4.78, 5) is 16.7. The molecule has 28 heavy (non-hydrogen) atoms. The summed E-state index contributed by atoms with van der Waals surface area (Å²) < 4.78 is 0. The zero-order valence-corrected chi connectivity index (χ0v) is 17.4. The fourth-order valence-corrected chi connectivity index (χ4v) is 3.43. The van der Waals surface area contributed by atoms with E-state index in [0.717, 1.165) is 54.6 Å². The van der Waals surface area contributed by atoms with E-state index in [1.807, 2.05) is 37.3 Å². The van der Waals surface area contributed by atoms with Crippen LogP contribution in [0.3, 0.4) is 0 Å². The third-order valence-electron chi connectivity index (χ3n) is 4.79. The number of hydrogen-bond donors (Lipinski definition) is 1. The van der Waals surface area contributed by atoms with E-state index >= 15 is 0 Å². The Kier molecular flexibility index (Phi) is 7.45. The van der Waals surface area contributed by atoms with Gasteiger partial charge >= 0.3 is 0 Å². The van der Waals surface area contributed by atoms with Gasteiger partial charge < -0.3 is 0 Å². The molecule has 148 valence electrons. The Morgan fingerprint density at radius 3 is 2.32 bits per heavy atom. The number of benzene rings is 2. The average molecular weight is 419 g/mol. The minimum absolute atomic E-state index is 0.104. The second kappa shape index (κ2) is 10.0. The monoisotopic (exact) mass is 418 g/mol. The molecule has 2 aromatic carbocycles. The number of hydrogen-bond acceptors (Lipinski definition) is 4. The van der Waals surface area contributed by atoms with E-state index in [2.05, 4.69) is 26.4 Å². The fraction of sp³-hybridized carbons (Fsp3) is 0.333. The van der Waals surface area contributed by atoms with Crippen molar-refractivity contribution in [3.63, 3.8) is 0 Å². The SMILES string of the molecule is C/C(=N\NC(=O)CN1CCN(Cc2ccccc2Cl)CC1)c1ccc(Cl)cc1. The third-order valence-corrected chi connectivity index (χ3v) is 5.41. The normalized spacial score (nSPS) is 16.2. The van der Waals surface area contributed by atoms with Crippen LogP contribution in [0.5, 0.6) is 0 Å². The van der Waals surface area contributed by atoms with E-state index in [1.54, 1.807) is 12.1 Å². The van der Waals surface area contributed by atoms with Crippen molar-refractivity contribution < 1.29 is 4.79 Å². The molecular formula is C21H24Cl2N4O. The number of carbonyl (C=O) groups is 1. The first kappa shape index (κ1) is 20.8. The molecule has 0 aliphatic carbocycles. The van der Waals surface area contributed by atoms with Crippen LogP contribution in [-0.2, 0) is 11.3 Å². The van der Waals surface area contributed by atoms with Gasteiger partial charge in [-0.05, 0) is 36.2 Å². The standard InChI is InChI=1S/C21H24Cl2N4O/c1-16(17-6-8-19(22)9-7-17)24-25-21(28)15-27-12-10-26(11-13-27)14-18-4-2-3-5-20(18)23/h2-9H,10-15H2,1H3,(H,25,28)/b24-16+. The lowest BCUT2D eigenvalue weighted by Gasteiger charge is -2.34. The van der Waals surface area contributed by atoms with Gasteiger partial charge in [-0.1, -0.05) is 53.5 Å². The van der Waals surface area contributed by atoms with Crippen LogP contribution in [0.1, 0.15) is 18.1 Å². The number of rotatable bonds is 6. The van der Waals surface area contributed by atoms with Gasteiger partial charge in [0.05, 0.1) is 12.3 Å². The summed E-state index contributed by atoms with van der Waals surface area (Å²) in [6.45, 7) is 6.55. The summed E-state index contributed by atoms with van der Waals surface area (Å²) in [5.74, 6) is -0.104. The predicted octanol–water partition coefficient (Wildman–Crippen LogP) is 3.65. The van der Waals surface area contributed by atoms with Crippen LogP contribution in [0.2, 0.25) is 10.0 Å². The van der Waals surface area contributed by atoms with Crippen LogP contribution in [0.25, 0.3) is 0 Å². The summed E-state index contributed by atoms with van der Waals surface area (Å²) in [6.07, 6.45) is 0. The molecule has 0 atom stereocenters. The summed E-state index contributed by atoms with van der Waals surface area (Å²) in [7, 11) is 0. The molecule has 0 saturated carbocycles. The lowest BCUT2D eigenvalue weighted by molar-refractivity contribution is -0.122. The molecule has 3 rings (SSSR count). The Morgan fingerprint density at radius 2 is 1.64 bits per heavy atom. The highest BCUT2D eigenvalue weighted by molar-refractivity contribution is 6.31. The van der Waals surface area contributed by atoms with Crippen molar-refractivity contribution in [2.75, 3.05) is 32.7 Å². The first-order chi connectivity index (χ1) is 13.5. The quantitative estimate of drug-likeness (QED) is 0.575. The van der Waals surface area contributed by atoms with Gasteiger partial charge in [0.1, 0.15) is 0 Å². The number of piperazine rings is 1. The van der Waals surface area contributed by atoms with Crippen molar-refractivity contribution in [1.29, 1.82) is 0 Å². The van der Waals surface area contributed by atoms with Crippen LogP contribution in [0.15, 0.2) is 53.6 Å². The van der Waals surface area contributed by atoms with Gasteiger partial charge in [-0.2, -0.15) is 5.10 Å². The molecule has 1 heterocycles. The lowest BCUT2D eigenvalue weighted by Crippen LogP contribution is -2.48. The molecule has 1 aliphatic heterocycles. The van der Waals surface area contributed by atoms with Gasteiger partial charge in [0.25, 0.3) is 5.91 Å². The molecule has 0 spiro atoms. The molecule has 0 aromatic heterocycles. The van der Waals surface area contributed by atoms with E-state index in [9.17, 15) is 4.79 Å². The van der Waals surface area contributed by atoms with Crippen molar-refractivity contribution in [2.24, 2.45) is 5.10 Å². The van der Waals surface area contributed by atoms with E-state index in [4.69, 9.17) is 23.2 Å². The van der Waals surface area contributed by atoms with Crippen molar-refractivity contribution in [1.82, 2.24) is 15.2 Å². The number of halogens is 2. The highest BCUT2D eigenvalue weighted by Crippen LogP contribution is 2.17. The summed E-state index contributed by atoms with van der Waals surface area (Å²) in [5.41, 5.74) is 5.46. The molecular weight excluding hydrogens is 395 g/mol. The maximum atomic E-state index is 12.2. The van der Waals surface area contributed by atoms with E-state index in [1.165, 1.54) is 0 Å². The first-order valence-corrected chi connectivity index (χ1v) is 10.0. The van der Waals surface area contributed by atoms with Gasteiger partial charge in [-0.15, -0.1) is 0 Å². The van der Waals surface area contributed by atoms with Crippen LogP contribution in [-0.4, -0.2) is 54.1 Å². The van der Waals surface area contributed by atoms with Crippen LogP contribution < -0.4 is 5.43 Å². The highest BCUT2D eigenvalue weighted by atomic mass is 35.5. The number of nitrogens with one attached hydrogen (secondary N) is 1. The van der Waals surface area contributed by atoms with E-state index in [0.29, 0.717) is 11.6 Å². The van der Waals surface area contributed by atoms with Gasteiger partial charge in [0.15, 0.2) is 0 Å². The Hall–Kier alpha value is -1.92. The zero-order chi connectivity index (χ0) is 19.9. The Bertz CT molecular complexity index is 831. The number of hydrazone groups is 1. The summed E-state index contributed by atoms with van der Waals surface area (Å²) in [5, 5.41) is 5.67. The molecule has 0 radical (unpaired) electrons. The zero-order valence-electron chi connectivity index (χ0n) is 15.9. The minimum Gasteiger partial charge on any atom is -0.296 e. The predicted molar refractivity (Wildman–Crippen MR) is 115 cm³/mol. The van der Waals surface area contributed by atoms with Crippen LogP contribution in [0, 0.1) is 0 Å². The molecule has 1 amide bonds. The van der Waals surface area contributed by atoms with Crippen LogP contribution >= 0.6 is 23.2 Å². The van der Waals surface area contributed by atoms with Crippen molar-refractivity contribution in [2.45, 2.75) is 13.5 Å². The molecule has 2 aromatic rings. The summed E-state index contributed by atoms with van der Waals surface area (Å²) in [6, 6.07) is 15.3. The van der Waals surface area contributed by atoms with Crippen molar-refractivity contribution in [3.05, 3.63) is 69.7 Å². The van der Waals surface area contributed by atoms with Gasteiger partial charge in [0.2, 0.25) is 0 Å². The van der Waals surface area contributed by atoms with Gasteiger partial charge in [0, 0.05) is 42.8 Å². The topological polar surface area (TPSA) is 47.9 Å². The Balaban J connectivity index is 1.43. The highest BCUT2D eigenvalue weighted by Gasteiger charge is 2.19. The molecule has 7 heteroatoms. The third kappa shape index (κ3) is 6.04. The number of amides is 1. The number of nitrogens with zero attached hydrogens (tertiary/aromatic N) is 3. The molecule has 1 aliphatic rings.